The molecule has 0 amide bonds. The number of hydrogen-bond acceptors (Lipinski definition) is 4. The summed E-state index contributed by atoms with van der Waals surface area (Å²) in [5, 5.41) is 6.41. The molecule has 0 saturated heterocycles. The molecular formula is C21H22F2N4. The molecule has 6 heteroatoms. The van der Waals surface area contributed by atoms with Crippen LogP contribution in [0.5, 0.6) is 0 Å². The van der Waals surface area contributed by atoms with Crippen LogP contribution in [0.2, 0.25) is 0 Å². The molecule has 1 heterocycles. The van der Waals surface area contributed by atoms with E-state index in [1.807, 2.05) is 19.1 Å². The zero-order valence-electron chi connectivity index (χ0n) is 15.2. The average molecular weight is 368 g/mol. The van der Waals surface area contributed by atoms with Crippen molar-refractivity contribution < 1.29 is 8.78 Å². The number of hydrogen-bond donors (Lipinski definition) is 2. The van der Waals surface area contributed by atoms with Crippen LogP contribution in [-0.4, -0.2) is 23.1 Å². The monoisotopic (exact) mass is 368 g/mol. The summed E-state index contributed by atoms with van der Waals surface area (Å²) in [6.45, 7) is 3.12. The smallest absolute Gasteiger partial charge is 0.224 e. The van der Waals surface area contributed by atoms with Crippen molar-refractivity contribution >= 4 is 11.8 Å². The third kappa shape index (κ3) is 5.74. The van der Waals surface area contributed by atoms with E-state index in [1.165, 1.54) is 18.2 Å². The molecule has 4 nitrogen and oxygen atoms in total. The van der Waals surface area contributed by atoms with Crippen LogP contribution in [-0.2, 0) is 12.8 Å². The van der Waals surface area contributed by atoms with Crippen LogP contribution in [0.25, 0.3) is 0 Å². The molecule has 2 aromatic carbocycles. The second-order valence-corrected chi connectivity index (χ2v) is 6.29. The minimum Gasteiger partial charge on any atom is -0.370 e. The molecule has 0 radical (unpaired) electrons. The van der Waals surface area contributed by atoms with E-state index in [9.17, 15) is 8.78 Å². The summed E-state index contributed by atoms with van der Waals surface area (Å²) >= 11 is 0. The number of rotatable bonds is 8. The SMILES string of the molecule is Cc1cc(NCCc2ccc(F)cc2)nc(NCCc2ccccc2F)n1. The van der Waals surface area contributed by atoms with Crippen LogP contribution in [0.15, 0.2) is 54.6 Å². The van der Waals surface area contributed by atoms with Gasteiger partial charge in [0.15, 0.2) is 0 Å². The van der Waals surface area contributed by atoms with Gasteiger partial charge in [-0.15, -0.1) is 0 Å². The summed E-state index contributed by atoms with van der Waals surface area (Å²) in [6.07, 6.45) is 1.32. The van der Waals surface area contributed by atoms with E-state index >= 15 is 0 Å². The molecule has 140 valence electrons. The molecule has 0 aliphatic rings. The fraction of sp³-hybridized carbons (Fsp3) is 0.238. The lowest BCUT2D eigenvalue weighted by Crippen LogP contribution is -2.12. The summed E-state index contributed by atoms with van der Waals surface area (Å²) < 4.78 is 26.6. The summed E-state index contributed by atoms with van der Waals surface area (Å²) in [5.41, 5.74) is 2.55. The fourth-order valence-corrected chi connectivity index (χ4v) is 2.73. The molecule has 0 fully saturated rings. The Kier molecular flexibility index (Phi) is 6.30. The lowest BCUT2D eigenvalue weighted by Gasteiger charge is -2.10. The average Bonchev–Trinajstić information content (AvgIpc) is 2.65. The van der Waals surface area contributed by atoms with E-state index in [4.69, 9.17) is 0 Å². The topological polar surface area (TPSA) is 49.8 Å². The van der Waals surface area contributed by atoms with Gasteiger partial charge in [0.1, 0.15) is 17.5 Å². The Balaban J connectivity index is 1.52. The van der Waals surface area contributed by atoms with Gasteiger partial charge in [0, 0.05) is 24.8 Å². The van der Waals surface area contributed by atoms with Crippen molar-refractivity contribution in [3.63, 3.8) is 0 Å². The molecule has 27 heavy (non-hydrogen) atoms. The van der Waals surface area contributed by atoms with Gasteiger partial charge in [-0.1, -0.05) is 30.3 Å². The van der Waals surface area contributed by atoms with Crippen molar-refractivity contribution in [1.29, 1.82) is 0 Å². The Morgan fingerprint density at radius 2 is 1.59 bits per heavy atom. The first-order valence-electron chi connectivity index (χ1n) is 8.91. The van der Waals surface area contributed by atoms with E-state index < -0.39 is 0 Å². The van der Waals surface area contributed by atoms with Gasteiger partial charge in [-0.05, 0) is 49.1 Å². The fourth-order valence-electron chi connectivity index (χ4n) is 2.73. The second kappa shape index (κ2) is 9.07. The molecule has 0 unspecified atom stereocenters. The zero-order valence-corrected chi connectivity index (χ0v) is 15.2. The molecular weight excluding hydrogens is 346 g/mol. The highest BCUT2D eigenvalue weighted by molar-refractivity contribution is 5.42. The predicted octanol–water partition coefficient (Wildman–Crippen LogP) is 4.37. The summed E-state index contributed by atoms with van der Waals surface area (Å²) in [4.78, 5) is 8.81. The minimum atomic E-state index is -0.232. The third-order valence-corrected chi connectivity index (χ3v) is 4.12. The van der Waals surface area contributed by atoms with Gasteiger partial charge in [0.05, 0.1) is 0 Å². The van der Waals surface area contributed by atoms with Gasteiger partial charge in [-0.3, -0.25) is 0 Å². The molecule has 3 rings (SSSR count). The molecule has 2 N–H and O–H groups in total. The van der Waals surface area contributed by atoms with Gasteiger partial charge in [-0.2, -0.15) is 4.98 Å². The van der Waals surface area contributed by atoms with Crippen molar-refractivity contribution in [2.24, 2.45) is 0 Å². The largest absolute Gasteiger partial charge is 0.370 e. The van der Waals surface area contributed by atoms with E-state index in [1.54, 1.807) is 24.3 Å². The summed E-state index contributed by atoms with van der Waals surface area (Å²) in [5.74, 6) is 0.797. The van der Waals surface area contributed by atoms with Crippen molar-refractivity contribution in [2.75, 3.05) is 23.7 Å². The summed E-state index contributed by atoms with van der Waals surface area (Å²) in [7, 11) is 0. The van der Waals surface area contributed by atoms with Gasteiger partial charge >= 0.3 is 0 Å². The number of aryl methyl sites for hydroxylation is 1. The lowest BCUT2D eigenvalue weighted by molar-refractivity contribution is 0.610. The molecule has 0 bridgehead atoms. The van der Waals surface area contributed by atoms with E-state index in [0.717, 1.165) is 23.5 Å². The Morgan fingerprint density at radius 1 is 0.852 bits per heavy atom. The Bertz CT molecular complexity index is 882. The molecule has 0 aliphatic heterocycles. The zero-order chi connectivity index (χ0) is 19.1. The van der Waals surface area contributed by atoms with Gasteiger partial charge in [-0.25, -0.2) is 13.8 Å². The summed E-state index contributed by atoms with van der Waals surface area (Å²) in [6, 6.07) is 15.1. The molecule has 0 aliphatic carbocycles. The highest BCUT2D eigenvalue weighted by atomic mass is 19.1. The van der Waals surface area contributed by atoms with Crippen molar-refractivity contribution in [1.82, 2.24) is 9.97 Å². The van der Waals surface area contributed by atoms with Crippen molar-refractivity contribution in [2.45, 2.75) is 19.8 Å². The Labute approximate surface area is 157 Å². The maximum atomic E-state index is 13.7. The first kappa shape index (κ1) is 18.8. The highest BCUT2D eigenvalue weighted by Crippen LogP contribution is 2.12. The number of nitrogens with one attached hydrogen (secondary N) is 2. The van der Waals surface area contributed by atoms with Crippen LogP contribution in [0.1, 0.15) is 16.8 Å². The van der Waals surface area contributed by atoms with E-state index in [-0.39, 0.29) is 11.6 Å². The van der Waals surface area contributed by atoms with Crippen molar-refractivity contribution in [3.05, 3.63) is 83.1 Å². The van der Waals surface area contributed by atoms with Crippen LogP contribution >= 0.6 is 0 Å². The van der Waals surface area contributed by atoms with Crippen molar-refractivity contribution in [3.8, 4) is 0 Å². The number of nitrogens with zero attached hydrogens (tertiary/aromatic N) is 2. The molecule has 0 saturated carbocycles. The number of aromatic nitrogens is 2. The maximum Gasteiger partial charge on any atom is 0.224 e. The molecule has 1 aromatic heterocycles. The first-order chi connectivity index (χ1) is 13.1. The number of benzene rings is 2. The van der Waals surface area contributed by atoms with Crippen LogP contribution in [0.3, 0.4) is 0 Å². The van der Waals surface area contributed by atoms with E-state index in [0.29, 0.717) is 31.0 Å². The maximum absolute atomic E-state index is 13.7. The van der Waals surface area contributed by atoms with E-state index in [2.05, 4.69) is 20.6 Å². The highest BCUT2D eigenvalue weighted by Gasteiger charge is 2.04. The lowest BCUT2D eigenvalue weighted by atomic mass is 10.1. The van der Waals surface area contributed by atoms with Gasteiger partial charge < -0.3 is 10.6 Å². The Hall–Kier alpha value is -3.02. The van der Waals surface area contributed by atoms with Gasteiger partial charge in [0.2, 0.25) is 5.95 Å². The Morgan fingerprint density at radius 3 is 2.37 bits per heavy atom. The third-order valence-electron chi connectivity index (χ3n) is 4.12. The minimum absolute atomic E-state index is 0.201. The number of anilines is 2. The first-order valence-corrected chi connectivity index (χ1v) is 8.91. The normalized spacial score (nSPS) is 10.6. The number of halogens is 2. The van der Waals surface area contributed by atoms with Crippen LogP contribution in [0, 0.1) is 18.6 Å². The van der Waals surface area contributed by atoms with Gasteiger partial charge in [0.25, 0.3) is 0 Å². The molecule has 0 spiro atoms. The molecule has 3 aromatic rings. The standard InChI is InChI=1S/C21H22F2N4/c1-15-14-20(24-12-10-16-6-8-18(22)9-7-16)27-21(26-15)25-13-11-17-4-2-3-5-19(17)23/h2-9,14H,10-13H2,1H3,(H2,24,25,26,27). The molecule has 0 atom stereocenters. The van der Waals surface area contributed by atoms with Crippen LogP contribution < -0.4 is 10.6 Å². The quantitative estimate of drug-likeness (QED) is 0.620. The predicted molar refractivity (Wildman–Crippen MR) is 104 cm³/mol. The second-order valence-electron chi connectivity index (χ2n) is 6.29. The van der Waals surface area contributed by atoms with Crippen LogP contribution in [0.4, 0.5) is 20.5 Å².